The Morgan fingerprint density at radius 1 is 1.07 bits per heavy atom. The SMILES string of the molecule is Cc1ccc(OC2CCN(C(=O)C[C@@H]3C(=O)NCCN3C3CCCC3)CC2)cc1. The predicted octanol–water partition coefficient (Wildman–Crippen LogP) is 2.50. The lowest BCUT2D eigenvalue weighted by atomic mass is 10.0. The first-order valence-corrected chi connectivity index (χ1v) is 11.1. The topological polar surface area (TPSA) is 61.9 Å². The maximum atomic E-state index is 13.0. The summed E-state index contributed by atoms with van der Waals surface area (Å²) in [6.07, 6.45) is 6.89. The molecular formula is C23H33N3O3. The molecule has 0 radical (unpaired) electrons. The Labute approximate surface area is 173 Å². The van der Waals surface area contributed by atoms with Crippen molar-refractivity contribution in [3.63, 3.8) is 0 Å². The zero-order valence-electron chi connectivity index (χ0n) is 17.4. The average Bonchev–Trinajstić information content (AvgIpc) is 3.26. The van der Waals surface area contributed by atoms with E-state index >= 15 is 0 Å². The summed E-state index contributed by atoms with van der Waals surface area (Å²) in [4.78, 5) is 29.7. The number of nitrogens with zero attached hydrogens (tertiary/aromatic N) is 2. The molecule has 1 saturated carbocycles. The van der Waals surface area contributed by atoms with Gasteiger partial charge in [-0.3, -0.25) is 14.5 Å². The highest BCUT2D eigenvalue weighted by molar-refractivity contribution is 5.89. The number of aryl methyl sites for hydroxylation is 1. The van der Waals surface area contributed by atoms with Gasteiger partial charge in [0.2, 0.25) is 11.8 Å². The molecule has 1 aromatic rings. The minimum atomic E-state index is -0.305. The number of carbonyl (C=O) groups is 2. The minimum Gasteiger partial charge on any atom is -0.490 e. The lowest BCUT2D eigenvalue weighted by Crippen LogP contribution is -2.59. The number of rotatable bonds is 5. The van der Waals surface area contributed by atoms with Crippen LogP contribution in [0, 0.1) is 6.92 Å². The van der Waals surface area contributed by atoms with Crippen LogP contribution in [0.2, 0.25) is 0 Å². The fraction of sp³-hybridized carbons (Fsp3) is 0.652. The summed E-state index contributed by atoms with van der Waals surface area (Å²) < 4.78 is 6.08. The van der Waals surface area contributed by atoms with E-state index in [4.69, 9.17) is 4.74 Å². The summed E-state index contributed by atoms with van der Waals surface area (Å²) in [7, 11) is 0. The normalized spacial score (nSPS) is 24.5. The number of piperidine rings is 1. The van der Waals surface area contributed by atoms with Gasteiger partial charge < -0.3 is 15.0 Å². The van der Waals surface area contributed by atoms with Gasteiger partial charge in [0.25, 0.3) is 0 Å². The van der Waals surface area contributed by atoms with Crippen molar-refractivity contribution in [2.24, 2.45) is 0 Å². The molecule has 1 N–H and O–H groups in total. The molecule has 2 aliphatic heterocycles. The molecule has 2 amide bonds. The molecule has 6 nitrogen and oxygen atoms in total. The molecule has 3 aliphatic rings. The first-order valence-electron chi connectivity index (χ1n) is 11.1. The fourth-order valence-corrected chi connectivity index (χ4v) is 4.94. The van der Waals surface area contributed by atoms with Gasteiger partial charge in [-0.2, -0.15) is 0 Å². The number of hydrogen-bond donors (Lipinski definition) is 1. The molecule has 6 heteroatoms. The van der Waals surface area contributed by atoms with Crippen LogP contribution in [0.25, 0.3) is 0 Å². The molecule has 0 unspecified atom stereocenters. The van der Waals surface area contributed by atoms with E-state index in [1.54, 1.807) is 0 Å². The van der Waals surface area contributed by atoms with Crippen molar-refractivity contribution in [3.05, 3.63) is 29.8 Å². The minimum absolute atomic E-state index is 0.0223. The second kappa shape index (κ2) is 9.16. The number of ether oxygens (including phenoxy) is 1. The zero-order chi connectivity index (χ0) is 20.2. The van der Waals surface area contributed by atoms with Gasteiger partial charge >= 0.3 is 0 Å². The lowest BCUT2D eigenvalue weighted by molar-refractivity contribution is -0.141. The molecule has 29 heavy (non-hydrogen) atoms. The van der Waals surface area contributed by atoms with Crippen LogP contribution < -0.4 is 10.1 Å². The molecule has 158 valence electrons. The largest absolute Gasteiger partial charge is 0.490 e. The summed E-state index contributed by atoms with van der Waals surface area (Å²) in [5.41, 5.74) is 1.22. The first kappa shape index (κ1) is 20.2. The average molecular weight is 400 g/mol. The van der Waals surface area contributed by atoms with Crippen LogP contribution in [0.4, 0.5) is 0 Å². The van der Waals surface area contributed by atoms with Crippen molar-refractivity contribution in [1.29, 1.82) is 0 Å². The Morgan fingerprint density at radius 3 is 2.45 bits per heavy atom. The Hall–Kier alpha value is -2.08. The predicted molar refractivity (Wildman–Crippen MR) is 112 cm³/mol. The maximum Gasteiger partial charge on any atom is 0.237 e. The van der Waals surface area contributed by atoms with E-state index in [1.807, 2.05) is 17.0 Å². The van der Waals surface area contributed by atoms with Gasteiger partial charge in [0.1, 0.15) is 11.9 Å². The third-order valence-corrected chi connectivity index (χ3v) is 6.65. The molecule has 1 aromatic carbocycles. The summed E-state index contributed by atoms with van der Waals surface area (Å²) in [5.74, 6) is 1.02. The van der Waals surface area contributed by atoms with Crippen molar-refractivity contribution in [3.8, 4) is 5.75 Å². The number of carbonyl (C=O) groups excluding carboxylic acids is 2. The van der Waals surface area contributed by atoms with Crippen LogP contribution in [-0.2, 0) is 9.59 Å². The summed E-state index contributed by atoms with van der Waals surface area (Å²) in [6, 6.07) is 8.28. The molecule has 0 bridgehead atoms. The van der Waals surface area contributed by atoms with Crippen molar-refractivity contribution in [2.45, 2.75) is 70.1 Å². The van der Waals surface area contributed by atoms with Crippen LogP contribution in [0.1, 0.15) is 50.5 Å². The van der Waals surface area contributed by atoms with Gasteiger partial charge in [0.15, 0.2) is 0 Å². The zero-order valence-corrected chi connectivity index (χ0v) is 17.4. The van der Waals surface area contributed by atoms with Gasteiger partial charge in [-0.15, -0.1) is 0 Å². The van der Waals surface area contributed by atoms with E-state index in [-0.39, 0.29) is 24.0 Å². The second-order valence-corrected chi connectivity index (χ2v) is 8.70. The van der Waals surface area contributed by atoms with Gasteiger partial charge in [0.05, 0.1) is 12.5 Å². The van der Waals surface area contributed by atoms with Crippen molar-refractivity contribution in [2.75, 3.05) is 26.2 Å². The fourth-order valence-electron chi connectivity index (χ4n) is 4.94. The highest BCUT2D eigenvalue weighted by Crippen LogP contribution is 2.27. The second-order valence-electron chi connectivity index (χ2n) is 8.70. The Morgan fingerprint density at radius 2 is 1.76 bits per heavy atom. The maximum absolute atomic E-state index is 13.0. The first-order chi connectivity index (χ1) is 14.1. The number of amides is 2. The Kier molecular flexibility index (Phi) is 6.38. The third-order valence-electron chi connectivity index (χ3n) is 6.65. The molecule has 2 heterocycles. The smallest absolute Gasteiger partial charge is 0.237 e. The summed E-state index contributed by atoms with van der Waals surface area (Å²) >= 11 is 0. The molecule has 4 rings (SSSR count). The highest BCUT2D eigenvalue weighted by Gasteiger charge is 2.38. The standard InChI is InChI=1S/C23H33N3O3/c1-17-6-8-19(9-7-17)29-20-10-13-25(14-11-20)22(27)16-21-23(28)24-12-15-26(21)18-4-2-3-5-18/h6-9,18,20-21H,2-5,10-16H2,1H3,(H,24,28)/t21-/m1/s1. The Balaban J connectivity index is 1.29. The Bertz CT molecular complexity index is 707. The molecule has 0 spiro atoms. The van der Waals surface area contributed by atoms with Crippen molar-refractivity contribution in [1.82, 2.24) is 15.1 Å². The van der Waals surface area contributed by atoms with Crippen LogP contribution in [0.15, 0.2) is 24.3 Å². The number of hydrogen-bond acceptors (Lipinski definition) is 4. The van der Waals surface area contributed by atoms with Crippen LogP contribution >= 0.6 is 0 Å². The third kappa shape index (κ3) is 4.92. The summed E-state index contributed by atoms with van der Waals surface area (Å²) in [5, 5.41) is 2.96. The highest BCUT2D eigenvalue weighted by atomic mass is 16.5. The van der Waals surface area contributed by atoms with E-state index < -0.39 is 0 Å². The van der Waals surface area contributed by atoms with Gasteiger partial charge in [0, 0.05) is 45.1 Å². The molecule has 3 fully saturated rings. The van der Waals surface area contributed by atoms with E-state index in [9.17, 15) is 9.59 Å². The van der Waals surface area contributed by atoms with Crippen molar-refractivity contribution >= 4 is 11.8 Å². The van der Waals surface area contributed by atoms with Crippen LogP contribution in [0.5, 0.6) is 5.75 Å². The number of piperazine rings is 1. The van der Waals surface area contributed by atoms with Gasteiger partial charge in [-0.05, 0) is 31.9 Å². The van der Waals surface area contributed by atoms with E-state index in [1.165, 1.54) is 18.4 Å². The van der Waals surface area contributed by atoms with E-state index in [2.05, 4.69) is 29.3 Å². The molecule has 1 aliphatic carbocycles. The molecular weight excluding hydrogens is 366 g/mol. The van der Waals surface area contributed by atoms with Crippen LogP contribution in [-0.4, -0.2) is 66.0 Å². The number of likely N-dealkylation sites (tertiary alicyclic amines) is 1. The number of benzene rings is 1. The molecule has 0 aromatic heterocycles. The summed E-state index contributed by atoms with van der Waals surface area (Å²) in [6.45, 7) is 5.02. The van der Waals surface area contributed by atoms with E-state index in [0.717, 1.165) is 38.0 Å². The van der Waals surface area contributed by atoms with Crippen molar-refractivity contribution < 1.29 is 14.3 Å². The molecule has 1 atom stereocenters. The number of nitrogens with one attached hydrogen (secondary N) is 1. The quantitative estimate of drug-likeness (QED) is 0.826. The van der Waals surface area contributed by atoms with E-state index in [0.29, 0.717) is 32.1 Å². The molecule has 2 saturated heterocycles. The monoisotopic (exact) mass is 399 g/mol. The lowest BCUT2D eigenvalue weighted by Gasteiger charge is -2.40. The van der Waals surface area contributed by atoms with Gasteiger partial charge in [-0.1, -0.05) is 30.5 Å². The van der Waals surface area contributed by atoms with Crippen LogP contribution in [0.3, 0.4) is 0 Å². The van der Waals surface area contributed by atoms with Gasteiger partial charge in [-0.25, -0.2) is 0 Å².